The van der Waals surface area contributed by atoms with Crippen LogP contribution in [-0.4, -0.2) is 53.6 Å². The molecule has 1 aliphatic carbocycles. The molecule has 1 saturated carbocycles. The summed E-state index contributed by atoms with van der Waals surface area (Å²) >= 11 is 1.56. The Bertz CT molecular complexity index is 621. The van der Waals surface area contributed by atoms with Gasteiger partial charge in [-0.15, -0.1) is 0 Å². The van der Waals surface area contributed by atoms with Crippen LogP contribution in [-0.2, 0) is 0 Å². The van der Waals surface area contributed by atoms with E-state index in [0.717, 1.165) is 56.0 Å². The lowest BCUT2D eigenvalue weighted by Crippen LogP contribution is -2.47. The Labute approximate surface area is 141 Å². The molecule has 0 spiro atoms. The van der Waals surface area contributed by atoms with Gasteiger partial charge in [0.2, 0.25) is 5.13 Å². The summed E-state index contributed by atoms with van der Waals surface area (Å²) in [5.41, 5.74) is 0. The molecule has 5 nitrogen and oxygen atoms in total. The first-order chi connectivity index (χ1) is 11.4. The van der Waals surface area contributed by atoms with E-state index >= 15 is 0 Å². The van der Waals surface area contributed by atoms with Gasteiger partial charge in [0, 0.05) is 50.2 Å². The zero-order chi connectivity index (χ0) is 15.5. The predicted octanol–water partition coefficient (Wildman–Crippen LogP) is 2.62. The Kier molecular flexibility index (Phi) is 4.43. The number of nitrogens with zero attached hydrogens (tertiary/aromatic N) is 4. The van der Waals surface area contributed by atoms with Crippen LogP contribution in [0, 0.1) is 0 Å². The van der Waals surface area contributed by atoms with Gasteiger partial charge in [0.25, 0.3) is 0 Å². The van der Waals surface area contributed by atoms with Crippen LogP contribution in [0.5, 0.6) is 5.75 Å². The van der Waals surface area contributed by atoms with Crippen molar-refractivity contribution in [2.75, 3.05) is 44.2 Å². The Morgan fingerprint density at radius 2 is 1.87 bits per heavy atom. The van der Waals surface area contributed by atoms with E-state index in [1.807, 2.05) is 30.3 Å². The number of hydrogen-bond donors (Lipinski definition) is 0. The van der Waals surface area contributed by atoms with Crippen molar-refractivity contribution in [3.63, 3.8) is 0 Å². The van der Waals surface area contributed by atoms with Crippen LogP contribution in [0.4, 0.5) is 5.13 Å². The van der Waals surface area contributed by atoms with E-state index in [-0.39, 0.29) is 0 Å². The Hall–Kier alpha value is -1.66. The van der Waals surface area contributed by atoms with Gasteiger partial charge in [-0.05, 0) is 25.0 Å². The van der Waals surface area contributed by atoms with E-state index in [2.05, 4.69) is 14.2 Å². The third-order valence-corrected chi connectivity index (χ3v) is 5.23. The second-order valence-electron chi connectivity index (χ2n) is 6.20. The van der Waals surface area contributed by atoms with Crippen molar-refractivity contribution in [2.24, 2.45) is 0 Å². The minimum Gasteiger partial charge on any atom is -0.492 e. The molecule has 0 amide bonds. The van der Waals surface area contributed by atoms with Crippen LogP contribution in [0.1, 0.15) is 24.6 Å². The molecule has 0 bridgehead atoms. The van der Waals surface area contributed by atoms with Crippen molar-refractivity contribution in [1.82, 2.24) is 14.3 Å². The molecule has 2 fully saturated rings. The second kappa shape index (κ2) is 6.84. The normalized spacial score (nSPS) is 19.0. The lowest BCUT2D eigenvalue weighted by molar-refractivity contribution is 0.200. The molecular weight excluding hydrogens is 308 g/mol. The summed E-state index contributed by atoms with van der Waals surface area (Å²) in [4.78, 5) is 9.55. The maximum Gasteiger partial charge on any atom is 0.205 e. The fourth-order valence-corrected chi connectivity index (χ4v) is 3.63. The van der Waals surface area contributed by atoms with Crippen molar-refractivity contribution in [2.45, 2.75) is 18.8 Å². The first-order valence-electron chi connectivity index (χ1n) is 8.37. The minimum absolute atomic E-state index is 0.649. The van der Waals surface area contributed by atoms with Crippen molar-refractivity contribution in [3.8, 4) is 5.75 Å². The van der Waals surface area contributed by atoms with E-state index in [9.17, 15) is 0 Å². The summed E-state index contributed by atoms with van der Waals surface area (Å²) in [7, 11) is 0. The fraction of sp³-hybridized carbons (Fsp3) is 0.529. The maximum absolute atomic E-state index is 5.78. The van der Waals surface area contributed by atoms with Gasteiger partial charge in [-0.2, -0.15) is 4.37 Å². The first kappa shape index (κ1) is 14.9. The molecule has 0 N–H and O–H groups in total. The van der Waals surface area contributed by atoms with Gasteiger partial charge in [-0.25, -0.2) is 4.98 Å². The average molecular weight is 330 g/mol. The average Bonchev–Trinajstić information content (AvgIpc) is 3.34. The van der Waals surface area contributed by atoms with Crippen LogP contribution in [0.25, 0.3) is 0 Å². The molecule has 2 heterocycles. The zero-order valence-corrected chi connectivity index (χ0v) is 14.0. The SMILES string of the molecule is c1ccc(OCCN2CCN(c3nc(C4CC4)ns3)CC2)cc1. The molecular formula is C17H22N4OS. The van der Waals surface area contributed by atoms with E-state index in [1.54, 1.807) is 11.5 Å². The lowest BCUT2D eigenvalue weighted by atomic mass is 10.3. The number of rotatable bonds is 6. The molecule has 1 aromatic heterocycles. The molecule has 0 radical (unpaired) electrons. The summed E-state index contributed by atoms with van der Waals surface area (Å²) in [6.45, 7) is 5.92. The van der Waals surface area contributed by atoms with Gasteiger partial charge < -0.3 is 9.64 Å². The van der Waals surface area contributed by atoms with Crippen LogP contribution < -0.4 is 9.64 Å². The number of hydrogen-bond acceptors (Lipinski definition) is 6. The van der Waals surface area contributed by atoms with Gasteiger partial charge in [0.15, 0.2) is 0 Å². The number of piperazine rings is 1. The highest BCUT2D eigenvalue weighted by molar-refractivity contribution is 7.09. The van der Waals surface area contributed by atoms with Crippen LogP contribution in [0.3, 0.4) is 0 Å². The summed E-state index contributed by atoms with van der Waals surface area (Å²) < 4.78 is 10.3. The number of para-hydroxylation sites is 1. The number of benzene rings is 1. The molecule has 23 heavy (non-hydrogen) atoms. The zero-order valence-electron chi connectivity index (χ0n) is 13.2. The van der Waals surface area contributed by atoms with Gasteiger partial charge in [-0.1, -0.05) is 18.2 Å². The highest BCUT2D eigenvalue weighted by Gasteiger charge is 2.29. The standard InChI is InChI=1S/C17H22N4OS/c1-2-4-15(5-3-1)22-13-12-20-8-10-21(11-9-20)17-18-16(19-23-17)14-6-7-14/h1-5,14H,6-13H2. The van der Waals surface area contributed by atoms with E-state index < -0.39 is 0 Å². The van der Waals surface area contributed by atoms with Crippen LogP contribution in [0.2, 0.25) is 0 Å². The smallest absolute Gasteiger partial charge is 0.205 e. The lowest BCUT2D eigenvalue weighted by Gasteiger charge is -2.34. The minimum atomic E-state index is 0.649. The predicted molar refractivity (Wildman–Crippen MR) is 92.5 cm³/mol. The molecule has 1 aliphatic heterocycles. The van der Waals surface area contributed by atoms with Gasteiger partial charge >= 0.3 is 0 Å². The number of anilines is 1. The van der Waals surface area contributed by atoms with Crippen molar-refractivity contribution in [3.05, 3.63) is 36.2 Å². The summed E-state index contributed by atoms with van der Waals surface area (Å²) in [5, 5.41) is 1.10. The molecule has 1 saturated heterocycles. The molecule has 0 atom stereocenters. The first-order valence-corrected chi connectivity index (χ1v) is 9.14. The quantitative estimate of drug-likeness (QED) is 0.814. The van der Waals surface area contributed by atoms with Crippen LogP contribution in [0.15, 0.2) is 30.3 Å². The molecule has 4 rings (SSSR count). The largest absolute Gasteiger partial charge is 0.492 e. The van der Waals surface area contributed by atoms with Gasteiger partial charge in [-0.3, -0.25) is 4.90 Å². The van der Waals surface area contributed by atoms with E-state index in [4.69, 9.17) is 9.72 Å². The van der Waals surface area contributed by atoms with Gasteiger partial charge in [0.1, 0.15) is 18.2 Å². The number of aromatic nitrogens is 2. The van der Waals surface area contributed by atoms with Crippen LogP contribution >= 0.6 is 11.5 Å². The maximum atomic E-state index is 5.78. The third-order valence-electron chi connectivity index (χ3n) is 4.44. The number of ether oxygens (including phenoxy) is 1. The monoisotopic (exact) mass is 330 g/mol. The third kappa shape index (κ3) is 3.82. The molecule has 2 aliphatic rings. The summed E-state index contributed by atoms with van der Waals surface area (Å²) in [6.07, 6.45) is 2.54. The second-order valence-corrected chi connectivity index (χ2v) is 6.93. The van der Waals surface area contributed by atoms with E-state index in [0.29, 0.717) is 5.92 Å². The molecule has 1 aromatic carbocycles. The fourth-order valence-electron chi connectivity index (χ4n) is 2.83. The highest BCUT2D eigenvalue weighted by atomic mass is 32.1. The summed E-state index contributed by atoms with van der Waals surface area (Å²) in [6, 6.07) is 10.0. The van der Waals surface area contributed by atoms with Crippen molar-refractivity contribution in [1.29, 1.82) is 0 Å². The Morgan fingerprint density at radius 3 is 2.61 bits per heavy atom. The van der Waals surface area contributed by atoms with E-state index in [1.165, 1.54) is 12.8 Å². The van der Waals surface area contributed by atoms with Crippen molar-refractivity contribution < 1.29 is 4.74 Å². The topological polar surface area (TPSA) is 41.5 Å². The van der Waals surface area contributed by atoms with Gasteiger partial charge in [0.05, 0.1) is 0 Å². The molecule has 122 valence electrons. The molecule has 2 aromatic rings. The molecule has 6 heteroatoms. The highest BCUT2D eigenvalue weighted by Crippen LogP contribution is 2.39. The summed E-state index contributed by atoms with van der Waals surface area (Å²) in [5.74, 6) is 2.67. The molecule has 0 unspecified atom stereocenters. The Balaban J connectivity index is 1.21. The van der Waals surface area contributed by atoms with Crippen molar-refractivity contribution >= 4 is 16.7 Å². The Morgan fingerprint density at radius 1 is 1.09 bits per heavy atom.